The predicted molar refractivity (Wildman–Crippen MR) is 229 cm³/mol. The van der Waals surface area contributed by atoms with E-state index in [0.29, 0.717) is 35.0 Å². The molecular weight excluding hydrogens is 746 g/mol. The Labute approximate surface area is 341 Å². The molecule has 0 N–H and O–H groups in total. The van der Waals surface area contributed by atoms with Crippen LogP contribution >= 0.6 is 16.8 Å². The third-order valence-electron chi connectivity index (χ3n) is 9.95. The van der Waals surface area contributed by atoms with Gasteiger partial charge in [0.05, 0.1) is 5.66 Å². The van der Waals surface area contributed by atoms with Crippen molar-refractivity contribution in [3.63, 3.8) is 0 Å². The fourth-order valence-electron chi connectivity index (χ4n) is 6.93. The molecule has 0 radical (unpaired) electrons. The second-order valence-corrected chi connectivity index (χ2v) is 18.6. The van der Waals surface area contributed by atoms with Gasteiger partial charge >= 0.3 is 17.1 Å². The van der Waals surface area contributed by atoms with Crippen LogP contribution in [-0.2, 0) is 17.1 Å². The van der Waals surface area contributed by atoms with Crippen LogP contribution in [0.15, 0.2) is 97.1 Å². The van der Waals surface area contributed by atoms with Crippen molar-refractivity contribution in [2.45, 2.75) is 135 Å². The minimum absolute atomic E-state index is 0. The third kappa shape index (κ3) is 12.7. The Morgan fingerprint density at radius 2 is 0.778 bits per heavy atom. The molecular formula is C47H64FeO4P2. The van der Waals surface area contributed by atoms with E-state index in [1.807, 2.05) is 0 Å². The molecule has 4 aromatic rings. The number of rotatable bonds is 14. The summed E-state index contributed by atoms with van der Waals surface area (Å²) in [4.78, 5) is 0. The molecule has 0 spiro atoms. The van der Waals surface area contributed by atoms with E-state index in [-0.39, 0.29) is 24.5 Å². The number of para-hydroxylation sites is 4. The predicted octanol–water partition coefficient (Wildman–Crippen LogP) is 15.6. The SMILES string of the molecule is CC(C)c1ccccc1OP(Oc1ccccc1C(C)C)C1CCCC1.CC(C)c1ccccc1OP(Oc1ccccc1C(C)C)C1[CH-]CCC1.[CH3-].[Fe+2]. The average molecular weight is 811 g/mol. The standard InChI is InChI=1S/C23H31O2P.C23H30O2P.CH3.Fe/c2*1-17(2)20-13-7-9-15-22(20)24-26(19-11-5-6-12-19)25-23-16-10-8-14-21(23)18(3)4;;/h7-10,13-19H,5-6,11-12H2,1-4H3;7-11,13-19H,5-6,12H2,1-4H3;1H3;/q;2*-1;+2. The van der Waals surface area contributed by atoms with Crippen LogP contribution in [0.2, 0.25) is 0 Å². The van der Waals surface area contributed by atoms with Crippen LogP contribution in [-0.4, -0.2) is 11.3 Å². The molecule has 0 amide bonds. The van der Waals surface area contributed by atoms with Gasteiger partial charge in [-0.25, -0.2) is 0 Å². The Hall–Kier alpha value is -2.54. The Bertz CT molecular complexity index is 1430. The number of benzene rings is 4. The van der Waals surface area contributed by atoms with E-state index in [1.54, 1.807) is 0 Å². The fourth-order valence-corrected chi connectivity index (χ4v) is 10.5. The Kier molecular flexibility index (Phi) is 19.4. The molecule has 4 nitrogen and oxygen atoms in total. The van der Waals surface area contributed by atoms with Crippen molar-refractivity contribution in [3.05, 3.63) is 133 Å². The second kappa shape index (κ2) is 22.9. The van der Waals surface area contributed by atoms with Gasteiger partial charge in [-0.3, -0.25) is 0 Å². The van der Waals surface area contributed by atoms with Crippen LogP contribution in [0.25, 0.3) is 0 Å². The summed E-state index contributed by atoms with van der Waals surface area (Å²) >= 11 is 0. The topological polar surface area (TPSA) is 36.9 Å². The summed E-state index contributed by atoms with van der Waals surface area (Å²) in [6.07, 6.45) is 10.9. The summed E-state index contributed by atoms with van der Waals surface area (Å²) in [6, 6.07) is 33.6. The zero-order valence-corrected chi connectivity index (χ0v) is 37.0. The Morgan fingerprint density at radius 3 is 1.07 bits per heavy atom. The van der Waals surface area contributed by atoms with Gasteiger partial charge in [-0.15, -0.1) is 0 Å². The monoisotopic (exact) mass is 810 g/mol. The summed E-state index contributed by atoms with van der Waals surface area (Å²) < 4.78 is 26.2. The van der Waals surface area contributed by atoms with Crippen LogP contribution < -0.4 is 18.1 Å². The molecule has 2 saturated carbocycles. The van der Waals surface area contributed by atoms with E-state index in [4.69, 9.17) is 18.1 Å². The first kappa shape index (κ1) is 45.8. The van der Waals surface area contributed by atoms with Gasteiger partial charge < -0.3 is 31.9 Å². The van der Waals surface area contributed by atoms with Crippen molar-refractivity contribution in [1.82, 2.24) is 0 Å². The molecule has 2 aliphatic rings. The van der Waals surface area contributed by atoms with E-state index >= 15 is 0 Å². The molecule has 6 rings (SSSR count). The second-order valence-electron chi connectivity index (χ2n) is 15.4. The van der Waals surface area contributed by atoms with Crippen molar-refractivity contribution in [3.8, 4) is 23.0 Å². The average Bonchev–Trinajstić information content (AvgIpc) is 3.88. The molecule has 54 heavy (non-hydrogen) atoms. The number of hydrogen-bond donors (Lipinski definition) is 0. The van der Waals surface area contributed by atoms with Crippen molar-refractivity contribution >= 4 is 16.8 Å². The molecule has 7 heteroatoms. The van der Waals surface area contributed by atoms with Crippen LogP contribution in [0.5, 0.6) is 23.0 Å². The van der Waals surface area contributed by atoms with Crippen LogP contribution in [0, 0.1) is 13.8 Å². The number of hydrogen-bond acceptors (Lipinski definition) is 4. The molecule has 294 valence electrons. The van der Waals surface area contributed by atoms with Gasteiger partial charge in [-0.1, -0.05) is 160 Å². The minimum Gasteiger partial charge on any atom is -0.440 e. The van der Waals surface area contributed by atoms with Gasteiger partial charge in [0.15, 0.2) is 0 Å². The first-order valence-electron chi connectivity index (χ1n) is 19.6. The summed E-state index contributed by atoms with van der Waals surface area (Å²) in [5, 5.41) is 0. The summed E-state index contributed by atoms with van der Waals surface area (Å²) in [7, 11) is -2.05. The van der Waals surface area contributed by atoms with Crippen molar-refractivity contribution < 1.29 is 35.2 Å². The maximum atomic E-state index is 6.57. The Balaban J connectivity index is 0.000000280. The van der Waals surface area contributed by atoms with Crippen molar-refractivity contribution in [1.29, 1.82) is 0 Å². The first-order chi connectivity index (χ1) is 25.1. The maximum absolute atomic E-state index is 6.57. The van der Waals surface area contributed by atoms with Crippen LogP contribution in [0.4, 0.5) is 0 Å². The van der Waals surface area contributed by atoms with Gasteiger partial charge in [0.2, 0.25) is 0 Å². The molecule has 4 aromatic carbocycles. The third-order valence-corrected chi connectivity index (χ3v) is 13.6. The molecule has 2 fully saturated rings. The largest absolute Gasteiger partial charge is 2.00 e. The molecule has 0 bridgehead atoms. The smallest absolute Gasteiger partial charge is 0.440 e. The van der Waals surface area contributed by atoms with Gasteiger partial charge in [0.25, 0.3) is 16.8 Å². The van der Waals surface area contributed by atoms with Crippen LogP contribution in [0.3, 0.4) is 0 Å². The molecule has 0 aliphatic heterocycles. The van der Waals surface area contributed by atoms with Gasteiger partial charge in [-0.05, 0) is 83.0 Å². The molecule has 0 heterocycles. The fraction of sp³-hybridized carbons (Fsp3) is 0.447. The minimum atomic E-state index is -1.05. The summed E-state index contributed by atoms with van der Waals surface area (Å²) in [5.74, 6) is 5.65. The van der Waals surface area contributed by atoms with Gasteiger partial charge in [0, 0.05) is 0 Å². The van der Waals surface area contributed by atoms with Gasteiger partial charge in [0.1, 0.15) is 23.0 Å². The maximum Gasteiger partial charge on any atom is 2.00 e. The first-order valence-corrected chi connectivity index (χ1v) is 22.1. The summed E-state index contributed by atoms with van der Waals surface area (Å²) in [6.45, 7) is 17.7. The molecule has 0 aromatic heterocycles. The molecule has 0 saturated heterocycles. The quantitative estimate of drug-likeness (QED) is 0.0722. The van der Waals surface area contributed by atoms with Crippen molar-refractivity contribution in [2.24, 2.45) is 0 Å². The molecule has 1 atom stereocenters. The van der Waals surface area contributed by atoms with E-state index in [2.05, 4.69) is 159 Å². The zero-order chi connectivity index (χ0) is 37.0. The van der Waals surface area contributed by atoms with E-state index < -0.39 is 16.8 Å². The van der Waals surface area contributed by atoms with E-state index in [9.17, 15) is 0 Å². The van der Waals surface area contributed by atoms with Gasteiger partial charge in [-0.2, -0.15) is 6.42 Å². The van der Waals surface area contributed by atoms with Crippen LogP contribution in [0.1, 0.15) is 146 Å². The molecule has 1 unspecified atom stereocenters. The van der Waals surface area contributed by atoms with E-state index in [1.165, 1.54) is 54.4 Å². The Morgan fingerprint density at radius 1 is 0.463 bits per heavy atom. The zero-order valence-electron chi connectivity index (χ0n) is 34.1. The van der Waals surface area contributed by atoms with Crippen molar-refractivity contribution in [2.75, 3.05) is 0 Å². The molecule has 2 aliphatic carbocycles. The normalized spacial score (nSPS) is 15.6. The summed E-state index contributed by atoms with van der Waals surface area (Å²) in [5.41, 5.74) is 5.94. The van der Waals surface area contributed by atoms with E-state index in [0.717, 1.165) is 35.8 Å².